The zero-order valence-electron chi connectivity index (χ0n) is 12.5. The summed E-state index contributed by atoms with van der Waals surface area (Å²) in [5.41, 5.74) is 2.34. The van der Waals surface area contributed by atoms with Gasteiger partial charge in [-0.2, -0.15) is 11.3 Å². The van der Waals surface area contributed by atoms with Crippen molar-refractivity contribution in [3.8, 4) is 11.3 Å². The van der Waals surface area contributed by atoms with Gasteiger partial charge in [0.2, 0.25) is 0 Å². The summed E-state index contributed by atoms with van der Waals surface area (Å²) in [5.74, 6) is 0. The molecule has 0 bridgehead atoms. The van der Waals surface area contributed by atoms with Gasteiger partial charge in [-0.25, -0.2) is 4.98 Å². The second-order valence-electron chi connectivity index (χ2n) is 6.21. The normalized spacial score (nSPS) is 20.0. The van der Waals surface area contributed by atoms with Gasteiger partial charge < -0.3 is 9.31 Å². The van der Waals surface area contributed by atoms with Crippen molar-refractivity contribution >= 4 is 39.8 Å². The van der Waals surface area contributed by atoms with E-state index in [0.717, 1.165) is 21.3 Å². The lowest BCUT2D eigenvalue weighted by atomic mass is 9.79. The maximum atomic E-state index is 6.11. The lowest BCUT2D eigenvalue weighted by Crippen LogP contribution is -2.41. The third-order valence-electron chi connectivity index (χ3n) is 4.16. The predicted octanol–water partition coefficient (Wildman–Crippen LogP) is 3.87. The molecule has 0 amide bonds. The van der Waals surface area contributed by atoms with E-state index >= 15 is 0 Å². The molecule has 1 aliphatic heterocycles. The van der Waals surface area contributed by atoms with Crippen LogP contribution in [-0.2, 0) is 9.31 Å². The monoisotopic (exact) mass is 365 g/mol. The van der Waals surface area contributed by atoms with Crippen LogP contribution in [0.15, 0.2) is 33.6 Å². The van der Waals surface area contributed by atoms with Gasteiger partial charge in [-0.3, -0.25) is 0 Å². The van der Waals surface area contributed by atoms with Gasteiger partial charge in [0.05, 0.1) is 16.9 Å². The largest absolute Gasteiger partial charge is 0.495 e. The molecule has 0 N–H and O–H groups in total. The van der Waals surface area contributed by atoms with E-state index in [1.165, 1.54) is 0 Å². The lowest BCUT2D eigenvalue weighted by molar-refractivity contribution is 0.00578. The predicted molar refractivity (Wildman–Crippen MR) is 91.0 cm³/mol. The topological polar surface area (TPSA) is 31.4 Å². The first-order chi connectivity index (χ1) is 9.78. The van der Waals surface area contributed by atoms with Crippen LogP contribution in [0.2, 0.25) is 0 Å². The Morgan fingerprint density at radius 3 is 2.38 bits per heavy atom. The van der Waals surface area contributed by atoms with Gasteiger partial charge in [0.1, 0.15) is 4.60 Å². The van der Waals surface area contributed by atoms with Crippen molar-refractivity contribution in [1.29, 1.82) is 0 Å². The third-order valence-corrected chi connectivity index (χ3v) is 5.25. The molecule has 3 nitrogen and oxygen atoms in total. The van der Waals surface area contributed by atoms with Crippen LogP contribution in [0.1, 0.15) is 27.7 Å². The number of halogens is 1. The quantitative estimate of drug-likeness (QED) is 0.597. The molecule has 1 saturated heterocycles. The van der Waals surface area contributed by atoms with Gasteiger partial charge in [0.15, 0.2) is 0 Å². The van der Waals surface area contributed by atoms with Crippen LogP contribution in [-0.4, -0.2) is 23.3 Å². The van der Waals surface area contributed by atoms with Gasteiger partial charge in [-0.1, -0.05) is 0 Å². The molecule has 1 aliphatic rings. The highest BCUT2D eigenvalue weighted by Crippen LogP contribution is 2.36. The molecular formula is C15H17BBrNO2S. The summed E-state index contributed by atoms with van der Waals surface area (Å²) >= 11 is 5.14. The van der Waals surface area contributed by atoms with Crippen LogP contribution < -0.4 is 5.46 Å². The van der Waals surface area contributed by atoms with E-state index < -0.39 is 0 Å². The van der Waals surface area contributed by atoms with Gasteiger partial charge in [0, 0.05) is 10.9 Å². The molecule has 3 rings (SSSR count). The number of aromatic nitrogens is 1. The molecule has 0 atom stereocenters. The minimum Gasteiger partial charge on any atom is -0.399 e. The molecule has 0 spiro atoms. The maximum Gasteiger partial charge on any atom is 0.495 e. The molecule has 0 aliphatic carbocycles. The number of hydrogen-bond donors (Lipinski definition) is 0. The first-order valence-corrected chi connectivity index (χ1v) is 8.58. The molecular weight excluding hydrogens is 349 g/mol. The fraction of sp³-hybridized carbons (Fsp3) is 0.400. The van der Waals surface area contributed by atoms with Crippen LogP contribution in [0, 0.1) is 0 Å². The summed E-state index contributed by atoms with van der Waals surface area (Å²) < 4.78 is 13.0. The number of rotatable bonds is 2. The standard InChI is InChI=1S/C15H17BBrNO2S/c1-14(2)15(3,4)20-16(19-14)11-7-12(18-13(17)8-11)10-5-6-21-9-10/h5-9H,1-4H3. The fourth-order valence-corrected chi connectivity index (χ4v) is 3.30. The van der Waals surface area contributed by atoms with Gasteiger partial charge in [-0.15, -0.1) is 0 Å². The van der Waals surface area contributed by atoms with Crippen molar-refractivity contribution in [3.63, 3.8) is 0 Å². The Morgan fingerprint density at radius 2 is 1.81 bits per heavy atom. The molecule has 2 aromatic heterocycles. The van der Waals surface area contributed by atoms with Crippen molar-refractivity contribution < 1.29 is 9.31 Å². The average Bonchev–Trinajstić information content (AvgIpc) is 2.96. The van der Waals surface area contributed by atoms with Crippen LogP contribution in [0.3, 0.4) is 0 Å². The summed E-state index contributed by atoms with van der Waals surface area (Å²) in [6, 6.07) is 6.06. The van der Waals surface area contributed by atoms with E-state index in [1.807, 2.05) is 17.5 Å². The molecule has 110 valence electrons. The molecule has 0 aromatic carbocycles. The number of pyridine rings is 1. The van der Waals surface area contributed by atoms with Crippen LogP contribution in [0.4, 0.5) is 0 Å². The second-order valence-corrected chi connectivity index (χ2v) is 7.80. The fourth-order valence-electron chi connectivity index (χ4n) is 2.19. The Labute approximate surface area is 138 Å². The number of thiophene rings is 1. The third kappa shape index (κ3) is 2.82. The van der Waals surface area contributed by atoms with E-state index in [-0.39, 0.29) is 18.3 Å². The zero-order valence-corrected chi connectivity index (χ0v) is 14.9. The Hall–Kier alpha value is -0.685. The summed E-state index contributed by atoms with van der Waals surface area (Å²) in [5, 5.41) is 4.13. The van der Waals surface area contributed by atoms with Crippen LogP contribution in [0.25, 0.3) is 11.3 Å². The smallest absolute Gasteiger partial charge is 0.399 e. The maximum absolute atomic E-state index is 6.11. The number of hydrogen-bond acceptors (Lipinski definition) is 4. The highest BCUT2D eigenvalue weighted by Gasteiger charge is 2.51. The Balaban J connectivity index is 1.97. The average molecular weight is 366 g/mol. The first kappa shape index (κ1) is 15.2. The Morgan fingerprint density at radius 1 is 1.14 bits per heavy atom. The van der Waals surface area contributed by atoms with Crippen molar-refractivity contribution in [1.82, 2.24) is 4.98 Å². The minimum absolute atomic E-state index is 0.337. The summed E-state index contributed by atoms with van der Waals surface area (Å²) in [7, 11) is -0.369. The van der Waals surface area contributed by atoms with Gasteiger partial charge in [-0.05, 0) is 72.7 Å². The summed E-state index contributed by atoms with van der Waals surface area (Å²) in [6.07, 6.45) is 0. The van der Waals surface area contributed by atoms with Crippen LogP contribution >= 0.6 is 27.3 Å². The van der Waals surface area contributed by atoms with E-state index in [0.29, 0.717) is 0 Å². The van der Waals surface area contributed by atoms with E-state index in [4.69, 9.17) is 9.31 Å². The molecule has 0 saturated carbocycles. The first-order valence-electron chi connectivity index (χ1n) is 6.84. The van der Waals surface area contributed by atoms with Crippen LogP contribution in [0.5, 0.6) is 0 Å². The van der Waals surface area contributed by atoms with Crippen molar-refractivity contribution in [2.24, 2.45) is 0 Å². The van der Waals surface area contributed by atoms with Gasteiger partial charge in [0.25, 0.3) is 0 Å². The number of nitrogens with zero attached hydrogens (tertiary/aromatic N) is 1. The highest BCUT2D eigenvalue weighted by molar-refractivity contribution is 9.10. The molecule has 6 heteroatoms. The minimum atomic E-state index is -0.369. The summed E-state index contributed by atoms with van der Waals surface area (Å²) in [4.78, 5) is 4.53. The van der Waals surface area contributed by atoms with E-state index in [9.17, 15) is 0 Å². The van der Waals surface area contributed by atoms with Crippen molar-refractivity contribution in [2.75, 3.05) is 0 Å². The Kier molecular flexibility index (Phi) is 3.77. The molecule has 0 radical (unpaired) electrons. The molecule has 1 fully saturated rings. The molecule has 3 heterocycles. The second kappa shape index (κ2) is 5.20. The van der Waals surface area contributed by atoms with E-state index in [2.05, 4.69) is 60.1 Å². The van der Waals surface area contributed by atoms with Crippen molar-refractivity contribution in [2.45, 2.75) is 38.9 Å². The molecule has 2 aromatic rings. The SMILES string of the molecule is CC1(C)OB(c2cc(Br)nc(-c3ccsc3)c2)OC1(C)C. The zero-order chi connectivity index (χ0) is 15.3. The highest BCUT2D eigenvalue weighted by atomic mass is 79.9. The molecule has 0 unspecified atom stereocenters. The van der Waals surface area contributed by atoms with Crippen molar-refractivity contribution in [3.05, 3.63) is 33.6 Å². The molecule has 21 heavy (non-hydrogen) atoms. The lowest BCUT2D eigenvalue weighted by Gasteiger charge is -2.32. The van der Waals surface area contributed by atoms with E-state index in [1.54, 1.807) is 11.3 Å². The Bertz CT molecular complexity index is 642. The summed E-state index contributed by atoms with van der Waals surface area (Å²) in [6.45, 7) is 8.23. The van der Waals surface area contributed by atoms with Gasteiger partial charge >= 0.3 is 7.12 Å².